The van der Waals surface area contributed by atoms with Crippen LogP contribution in [-0.4, -0.2) is 5.78 Å². The second-order valence-electron chi connectivity index (χ2n) is 5.26. The van der Waals surface area contributed by atoms with Gasteiger partial charge in [-0.05, 0) is 48.5 Å². The van der Waals surface area contributed by atoms with Crippen LogP contribution in [0.25, 0.3) is 0 Å². The highest BCUT2D eigenvalue weighted by Crippen LogP contribution is 2.29. The minimum atomic E-state index is -0.370. The lowest BCUT2D eigenvalue weighted by Gasteiger charge is -2.10. The van der Waals surface area contributed by atoms with E-state index in [0.29, 0.717) is 11.3 Å². The number of hydrogen-bond acceptors (Lipinski definition) is 3. The summed E-state index contributed by atoms with van der Waals surface area (Å²) in [5, 5.41) is 3.05. The molecule has 0 atom stereocenters. The molecule has 0 bridgehead atoms. The van der Waals surface area contributed by atoms with Crippen LogP contribution in [0.1, 0.15) is 10.4 Å². The van der Waals surface area contributed by atoms with Gasteiger partial charge in [-0.15, -0.1) is 0 Å². The fourth-order valence-electron chi connectivity index (χ4n) is 2.21. The number of rotatable bonds is 6. The van der Waals surface area contributed by atoms with Crippen molar-refractivity contribution < 1.29 is 13.9 Å². The molecule has 0 radical (unpaired) electrons. The third-order valence-electron chi connectivity index (χ3n) is 3.46. The van der Waals surface area contributed by atoms with Crippen LogP contribution in [0.15, 0.2) is 91.1 Å². The third-order valence-corrected chi connectivity index (χ3v) is 3.46. The van der Waals surface area contributed by atoms with Gasteiger partial charge in [-0.25, -0.2) is 4.39 Å². The summed E-state index contributed by atoms with van der Waals surface area (Å²) < 4.78 is 18.7. The van der Waals surface area contributed by atoms with Crippen molar-refractivity contribution in [1.29, 1.82) is 0 Å². The number of anilines is 1. The highest BCUT2D eigenvalue weighted by molar-refractivity contribution is 6.04. The van der Waals surface area contributed by atoms with Gasteiger partial charge < -0.3 is 10.1 Å². The van der Waals surface area contributed by atoms with Gasteiger partial charge in [0, 0.05) is 17.8 Å². The number of halogens is 1. The molecule has 0 amide bonds. The monoisotopic (exact) mass is 333 g/mol. The summed E-state index contributed by atoms with van der Waals surface area (Å²) >= 11 is 0. The van der Waals surface area contributed by atoms with Gasteiger partial charge >= 0.3 is 0 Å². The molecule has 25 heavy (non-hydrogen) atoms. The Morgan fingerprint density at radius 1 is 0.880 bits per heavy atom. The van der Waals surface area contributed by atoms with Crippen LogP contribution in [-0.2, 0) is 0 Å². The van der Waals surface area contributed by atoms with E-state index in [1.165, 1.54) is 30.3 Å². The highest BCUT2D eigenvalue weighted by atomic mass is 19.1. The van der Waals surface area contributed by atoms with Crippen LogP contribution < -0.4 is 10.1 Å². The van der Waals surface area contributed by atoms with E-state index in [1.54, 1.807) is 6.20 Å². The first-order chi connectivity index (χ1) is 12.2. The van der Waals surface area contributed by atoms with Crippen LogP contribution in [0.2, 0.25) is 0 Å². The molecule has 3 aromatic carbocycles. The van der Waals surface area contributed by atoms with Crippen LogP contribution in [0, 0.1) is 5.82 Å². The smallest absolute Gasteiger partial charge is 0.187 e. The zero-order valence-corrected chi connectivity index (χ0v) is 13.4. The molecule has 0 unspecified atom stereocenters. The standard InChI is InChI=1S/C21H16FNO2/c22-17-12-10-16(11-13-17)20(24)14-15-23-19-8-4-5-9-21(19)25-18-6-2-1-3-7-18/h1-15,23H/b15-14+. The van der Waals surface area contributed by atoms with Crippen LogP contribution in [0.5, 0.6) is 11.5 Å². The lowest BCUT2D eigenvalue weighted by atomic mass is 10.1. The van der Waals surface area contributed by atoms with Crippen molar-refractivity contribution in [2.75, 3.05) is 5.32 Å². The fourth-order valence-corrected chi connectivity index (χ4v) is 2.21. The molecule has 3 rings (SSSR count). The number of carbonyl (C=O) groups excluding carboxylic acids is 1. The lowest BCUT2D eigenvalue weighted by molar-refractivity contribution is 0.104. The molecule has 0 aliphatic rings. The van der Waals surface area contributed by atoms with Gasteiger partial charge in [-0.2, -0.15) is 0 Å². The summed E-state index contributed by atoms with van der Waals surface area (Å²) in [4.78, 5) is 12.0. The van der Waals surface area contributed by atoms with Gasteiger partial charge in [0.25, 0.3) is 0 Å². The number of nitrogens with one attached hydrogen (secondary N) is 1. The molecule has 0 fully saturated rings. The van der Waals surface area contributed by atoms with Crippen molar-refractivity contribution in [3.05, 3.63) is 103 Å². The highest BCUT2D eigenvalue weighted by Gasteiger charge is 2.04. The van der Waals surface area contributed by atoms with Crippen molar-refractivity contribution in [1.82, 2.24) is 0 Å². The normalized spacial score (nSPS) is 10.6. The molecule has 0 aliphatic heterocycles. The maximum atomic E-state index is 12.9. The number of allylic oxidation sites excluding steroid dienone is 1. The van der Waals surface area contributed by atoms with E-state index in [9.17, 15) is 9.18 Å². The van der Waals surface area contributed by atoms with Crippen LogP contribution >= 0.6 is 0 Å². The van der Waals surface area contributed by atoms with E-state index in [1.807, 2.05) is 54.6 Å². The topological polar surface area (TPSA) is 38.3 Å². The average molecular weight is 333 g/mol. The molecule has 1 N–H and O–H groups in total. The van der Waals surface area contributed by atoms with Crippen molar-refractivity contribution in [3.63, 3.8) is 0 Å². The van der Waals surface area contributed by atoms with E-state index < -0.39 is 0 Å². The number of hydrogen-bond donors (Lipinski definition) is 1. The molecule has 0 saturated heterocycles. The number of carbonyl (C=O) groups is 1. The van der Waals surface area contributed by atoms with E-state index >= 15 is 0 Å². The number of ketones is 1. The van der Waals surface area contributed by atoms with Gasteiger partial charge in [0.15, 0.2) is 11.5 Å². The minimum Gasteiger partial charge on any atom is -0.455 e. The molecule has 0 aromatic heterocycles. The van der Waals surface area contributed by atoms with E-state index in [4.69, 9.17) is 4.74 Å². The van der Waals surface area contributed by atoms with Gasteiger partial charge in [-0.3, -0.25) is 4.79 Å². The van der Waals surface area contributed by atoms with Crippen LogP contribution in [0.4, 0.5) is 10.1 Å². The van der Waals surface area contributed by atoms with Gasteiger partial charge in [-0.1, -0.05) is 30.3 Å². The van der Waals surface area contributed by atoms with E-state index in [0.717, 1.165) is 11.4 Å². The predicted octanol–water partition coefficient (Wildman–Crippen LogP) is 5.43. The summed E-state index contributed by atoms with van der Waals surface area (Å²) in [6, 6.07) is 22.3. The Morgan fingerprint density at radius 3 is 2.32 bits per heavy atom. The average Bonchev–Trinajstić information content (AvgIpc) is 2.64. The molecule has 3 aromatic rings. The van der Waals surface area contributed by atoms with E-state index in [-0.39, 0.29) is 11.6 Å². The van der Waals surface area contributed by atoms with Gasteiger partial charge in [0.2, 0.25) is 0 Å². The first-order valence-electron chi connectivity index (χ1n) is 7.77. The molecule has 0 spiro atoms. The predicted molar refractivity (Wildman–Crippen MR) is 96.5 cm³/mol. The largest absolute Gasteiger partial charge is 0.455 e. The van der Waals surface area contributed by atoms with Gasteiger partial charge in [0.05, 0.1) is 5.69 Å². The zero-order chi connectivity index (χ0) is 17.5. The molecular formula is C21H16FNO2. The number of ether oxygens (including phenoxy) is 1. The maximum Gasteiger partial charge on any atom is 0.187 e. The molecule has 0 heterocycles. The van der Waals surface area contributed by atoms with Crippen molar-refractivity contribution >= 4 is 11.5 Å². The maximum absolute atomic E-state index is 12.9. The van der Waals surface area contributed by atoms with Crippen molar-refractivity contribution in [3.8, 4) is 11.5 Å². The lowest BCUT2D eigenvalue weighted by Crippen LogP contribution is -1.97. The molecule has 4 heteroatoms. The van der Waals surface area contributed by atoms with Crippen molar-refractivity contribution in [2.24, 2.45) is 0 Å². The fraction of sp³-hybridized carbons (Fsp3) is 0. The van der Waals surface area contributed by atoms with E-state index in [2.05, 4.69) is 5.32 Å². The second kappa shape index (κ2) is 7.93. The molecule has 124 valence electrons. The first-order valence-corrected chi connectivity index (χ1v) is 7.77. The first kappa shape index (κ1) is 16.5. The Bertz CT molecular complexity index is 874. The Labute approximate surface area is 145 Å². The summed E-state index contributed by atoms with van der Waals surface area (Å²) in [5.74, 6) is 0.787. The number of para-hydroxylation sites is 3. The molecule has 3 nitrogen and oxygen atoms in total. The van der Waals surface area contributed by atoms with Gasteiger partial charge in [0.1, 0.15) is 11.6 Å². The SMILES string of the molecule is O=C(/C=C/Nc1ccccc1Oc1ccccc1)c1ccc(F)cc1. The summed E-state index contributed by atoms with van der Waals surface area (Å²) in [7, 11) is 0. The summed E-state index contributed by atoms with van der Waals surface area (Å²) in [5.41, 5.74) is 1.16. The Morgan fingerprint density at radius 2 is 1.56 bits per heavy atom. The number of benzene rings is 3. The summed E-state index contributed by atoms with van der Waals surface area (Å²) in [6.07, 6.45) is 2.94. The van der Waals surface area contributed by atoms with Crippen molar-refractivity contribution in [2.45, 2.75) is 0 Å². The second-order valence-corrected chi connectivity index (χ2v) is 5.26. The zero-order valence-electron chi connectivity index (χ0n) is 13.4. The Hall–Kier alpha value is -3.40. The van der Waals surface area contributed by atoms with Crippen LogP contribution in [0.3, 0.4) is 0 Å². The molecule has 0 saturated carbocycles. The molecular weight excluding hydrogens is 317 g/mol. The Kier molecular flexibility index (Phi) is 5.22. The quantitative estimate of drug-likeness (QED) is 0.483. The molecule has 0 aliphatic carbocycles. The third kappa shape index (κ3) is 4.54. The minimum absolute atomic E-state index is 0.214. The Balaban J connectivity index is 1.69. The summed E-state index contributed by atoms with van der Waals surface area (Å²) in [6.45, 7) is 0.